The van der Waals surface area contributed by atoms with Gasteiger partial charge in [-0.15, -0.1) is 23.7 Å². The first-order valence-corrected chi connectivity index (χ1v) is 8.60. The van der Waals surface area contributed by atoms with Crippen LogP contribution in [0.5, 0.6) is 0 Å². The van der Waals surface area contributed by atoms with E-state index < -0.39 is 0 Å². The Labute approximate surface area is 153 Å². The molecule has 2 heterocycles. The zero-order chi connectivity index (χ0) is 15.0. The van der Waals surface area contributed by atoms with Gasteiger partial charge in [0.2, 0.25) is 0 Å². The average molecular weight is 400 g/mol. The number of fused-ring (bicyclic) bond motifs is 1. The fraction of sp³-hybridized carbons (Fsp3) is 0.357. The van der Waals surface area contributed by atoms with Gasteiger partial charge in [0.15, 0.2) is 0 Å². The molecule has 2 aromatic rings. The number of benzene rings is 1. The minimum absolute atomic E-state index is 0. The van der Waals surface area contributed by atoms with Crippen molar-refractivity contribution >= 4 is 74.5 Å². The average Bonchev–Trinajstić information content (AvgIpc) is 2.77. The van der Waals surface area contributed by atoms with Gasteiger partial charge in [0.25, 0.3) is 5.91 Å². The zero-order valence-electron chi connectivity index (χ0n) is 11.4. The molecular weight excluding hydrogens is 386 g/mol. The lowest BCUT2D eigenvalue weighted by Gasteiger charge is -2.23. The van der Waals surface area contributed by atoms with Crippen LogP contribution in [0.1, 0.15) is 22.5 Å². The minimum atomic E-state index is -0.151. The van der Waals surface area contributed by atoms with Crippen LogP contribution >= 0.6 is 58.5 Å². The highest BCUT2D eigenvalue weighted by atomic mass is 35.5. The van der Waals surface area contributed by atoms with E-state index in [-0.39, 0.29) is 24.4 Å². The number of rotatable bonds is 2. The van der Waals surface area contributed by atoms with Crippen LogP contribution in [-0.4, -0.2) is 25.0 Å². The van der Waals surface area contributed by atoms with Crippen LogP contribution in [0.25, 0.3) is 10.1 Å². The summed E-state index contributed by atoms with van der Waals surface area (Å²) in [5, 5.41) is 8.39. The summed E-state index contributed by atoms with van der Waals surface area (Å²) < 4.78 is 0.824. The Kier molecular flexibility index (Phi) is 6.22. The van der Waals surface area contributed by atoms with Crippen molar-refractivity contribution in [3.05, 3.63) is 32.1 Å². The van der Waals surface area contributed by atoms with Gasteiger partial charge < -0.3 is 10.6 Å². The summed E-state index contributed by atoms with van der Waals surface area (Å²) in [5.74, 6) is -0.151. The van der Waals surface area contributed by atoms with Crippen LogP contribution < -0.4 is 10.6 Å². The molecule has 1 saturated heterocycles. The molecule has 1 aromatic carbocycles. The number of hydrogen-bond donors (Lipinski definition) is 2. The Morgan fingerprint density at radius 2 is 2.09 bits per heavy atom. The maximum absolute atomic E-state index is 12.4. The molecule has 22 heavy (non-hydrogen) atoms. The Hall–Kier alpha value is -0.230. The van der Waals surface area contributed by atoms with Gasteiger partial charge in [-0.1, -0.05) is 34.8 Å². The van der Waals surface area contributed by atoms with Gasteiger partial charge in [-0.05, 0) is 31.5 Å². The van der Waals surface area contributed by atoms with Crippen molar-refractivity contribution in [2.75, 3.05) is 13.1 Å². The first-order valence-electron chi connectivity index (χ1n) is 6.65. The van der Waals surface area contributed by atoms with Gasteiger partial charge in [-0.25, -0.2) is 0 Å². The van der Waals surface area contributed by atoms with Gasteiger partial charge in [0, 0.05) is 27.7 Å². The summed E-state index contributed by atoms with van der Waals surface area (Å²) in [6.45, 7) is 1.80. The SMILES string of the molecule is Cl.O=C(NC1CCCNC1)c1sc2cc(Cl)cc(Cl)c2c1Cl. The molecule has 1 aliphatic rings. The molecule has 120 valence electrons. The Balaban J connectivity index is 0.00000176. The van der Waals surface area contributed by atoms with E-state index >= 15 is 0 Å². The third-order valence-electron chi connectivity index (χ3n) is 3.49. The Morgan fingerprint density at radius 3 is 2.77 bits per heavy atom. The third-order valence-corrected chi connectivity index (χ3v) is 5.63. The lowest BCUT2D eigenvalue weighted by molar-refractivity contribution is 0.0935. The van der Waals surface area contributed by atoms with Crippen LogP contribution in [0.2, 0.25) is 15.1 Å². The number of carbonyl (C=O) groups is 1. The van der Waals surface area contributed by atoms with Crippen molar-refractivity contribution in [2.24, 2.45) is 0 Å². The summed E-state index contributed by atoms with van der Waals surface area (Å²) in [6, 6.07) is 3.56. The Morgan fingerprint density at radius 1 is 1.32 bits per heavy atom. The normalized spacial score (nSPS) is 18.0. The number of nitrogens with one attached hydrogen (secondary N) is 2. The minimum Gasteiger partial charge on any atom is -0.347 e. The van der Waals surface area contributed by atoms with E-state index in [9.17, 15) is 4.79 Å². The van der Waals surface area contributed by atoms with Gasteiger partial charge in [0.1, 0.15) is 4.88 Å². The molecule has 1 fully saturated rings. The first-order chi connectivity index (χ1) is 10.1. The topological polar surface area (TPSA) is 41.1 Å². The monoisotopic (exact) mass is 398 g/mol. The predicted octanol–water partition coefficient (Wildman–Crippen LogP) is 4.77. The highest BCUT2D eigenvalue weighted by Crippen LogP contribution is 2.41. The Bertz CT molecular complexity index is 698. The highest BCUT2D eigenvalue weighted by molar-refractivity contribution is 7.21. The maximum atomic E-state index is 12.4. The van der Waals surface area contributed by atoms with E-state index in [1.165, 1.54) is 11.3 Å². The van der Waals surface area contributed by atoms with Crippen molar-refractivity contribution in [3.8, 4) is 0 Å². The van der Waals surface area contributed by atoms with E-state index in [4.69, 9.17) is 34.8 Å². The number of thiophene rings is 1. The van der Waals surface area contributed by atoms with E-state index in [0.29, 0.717) is 25.3 Å². The zero-order valence-corrected chi connectivity index (χ0v) is 15.3. The predicted molar refractivity (Wildman–Crippen MR) is 97.5 cm³/mol. The third kappa shape index (κ3) is 3.64. The molecule has 0 spiro atoms. The number of halogens is 4. The molecule has 8 heteroatoms. The van der Waals surface area contributed by atoms with Crippen LogP contribution in [0, 0.1) is 0 Å². The molecule has 2 N–H and O–H groups in total. The summed E-state index contributed by atoms with van der Waals surface area (Å²) in [5.41, 5.74) is 0. The molecule has 0 aliphatic carbocycles. The van der Waals surface area contributed by atoms with E-state index in [0.717, 1.165) is 30.6 Å². The van der Waals surface area contributed by atoms with Crippen molar-refractivity contribution in [1.82, 2.24) is 10.6 Å². The molecule has 3 rings (SSSR count). The fourth-order valence-electron chi connectivity index (χ4n) is 2.48. The second-order valence-corrected chi connectivity index (χ2v) is 7.30. The summed E-state index contributed by atoms with van der Waals surface area (Å²) in [4.78, 5) is 12.9. The molecule has 1 unspecified atom stereocenters. The largest absolute Gasteiger partial charge is 0.347 e. The highest BCUT2D eigenvalue weighted by Gasteiger charge is 2.22. The van der Waals surface area contributed by atoms with Crippen molar-refractivity contribution in [2.45, 2.75) is 18.9 Å². The summed E-state index contributed by atoms with van der Waals surface area (Å²) in [7, 11) is 0. The first kappa shape index (κ1) is 18.1. The quantitative estimate of drug-likeness (QED) is 0.763. The van der Waals surface area contributed by atoms with Gasteiger partial charge in [-0.2, -0.15) is 0 Å². The van der Waals surface area contributed by atoms with Crippen molar-refractivity contribution in [1.29, 1.82) is 0 Å². The van der Waals surface area contributed by atoms with Crippen LogP contribution in [-0.2, 0) is 0 Å². The van der Waals surface area contributed by atoms with Crippen molar-refractivity contribution in [3.63, 3.8) is 0 Å². The molecule has 0 saturated carbocycles. The van der Waals surface area contributed by atoms with Crippen LogP contribution in [0.15, 0.2) is 12.1 Å². The second-order valence-electron chi connectivity index (χ2n) is 5.02. The standard InChI is InChI=1S/C14H13Cl3N2OS.ClH/c15-7-4-9(16)11-10(5-7)21-13(12(11)17)14(20)19-8-2-1-3-18-6-8;/h4-5,8,18H,1-3,6H2,(H,19,20);1H. The fourth-order valence-corrected chi connectivity index (χ4v) is 4.77. The molecule has 0 radical (unpaired) electrons. The van der Waals surface area contributed by atoms with E-state index in [1.54, 1.807) is 12.1 Å². The van der Waals surface area contributed by atoms with Crippen LogP contribution in [0.3, 0.4) is 0 Å². The number of carbonyl (C=O) groups excluding carboxylic acids is 1. The van der Waals surface area contributed by atoms with Gasteiger partial charge in [0.05, 0.1) is 10.0 Å². The van der Waals surface area contributed by atoms with Gasteiger partial charge in [-0.3, -0.25) is 4.79 Å². The van der Waals surface area contributed by atoms with Gasteiger partial charge >= 0.3 is 0 Å². The molecule has 3 nitrogen and oxygen atoms in total. The second kappa shape index (κ2) is 7.56. The number of amides is 1. The molecule has 1 aromatic heterocycles. The van der Waals surface area contributed by atoms with E-state index in [1.807, 2.05) is 0 Å². The molecule has 1 amide bonds. The molecule has 1 aliphatic heterocycles. The summed E-state index contributed by atoms with van der Waals surface area (Å²) >= 11 is 19.8. The lowest BCUT2D eigenvalue weighted by atomic mass is 10.1. The van der Waals surface area contributed by atoms with Crippen LogP contribution in [0.4, 0.5) is 0 Å². The summed E-state index contributed by atoms with van der Waals surface area (Å²) in [6.07, 6.45) is 2.04. The maximum Gasteiger partial charge on any atom is 0.263 e. The number of hydrogen-bond acceptors (Lipinski definition) is 3. The molecular formula is C14H14Cl4N2OS. The molecule has 0 bridgehead atoms. The molecule has 1 atom stereocenters. The number of piperidine rings is 1. The lowest BCUT2D eigenvalue weighted by Crippen LogP contribution is -2.45. The van der Waals surface area contributed by atoms with E-state index in [2.05, 4.69) is 10.6 Å². The smallest absolute Gasteiger partial charge is 0.263 e. The van der Waals surface area contributed by atoms with Crippen molar-refractivity contribution < 1.29 is 4.79 Å².